The Morgan fingerprint density at radius 2 is 1.74 bits per heavy atom. The van der Waals surface area contributed by atoms with E-state index in [2.05, 4.69) is 15.6 Å². The van der Waals surface area contributed by atoms with E-state index < -0.39 is 0 Å². The Bertz CT molecular complexity index is 1150. The average Bonchev–Trinajstić information content (AvgIpc) is 3.23. The largest absolute Gasteiger partial charge is 0.490 e. The molecule has 0 aliphatic heterocycles. The van der Waals surface area contributed by atoms with E-state index in [-0.39, 0.29) is 24.2 Å². The second kappa shape index (κ2) is 11.3. The maximum atomic E-state index is 12.7. The fourth-order valence-electron chi connectivity index (χ4n) is 4.23. The van der Waals surface area contributed by atoms with Gasteiger partial charge in [-0.05, 0) is 62.6 Å². The highest BCUT2D eigenvalue weighted by atomic mass is 32.1. The topological polar surface area (TPSA) is 89.6 Å². The van der Waals surface area contributed by atoms with Gasteiger partial charge >= 0.3 is 0 Å². The summed E-state index contributed by atoms with van der Waals surface area (Å²) in [6, 6.07) is 11.2. The summed E-state index contributed by atoms with van der Waals surface area (Å²) in [6.07, 6.45) is 5.56. The number of nitrogens with zero attached hydrogens (tertiary/aromatic N) is 1. The molecule has 4 rings (SSSR count). The number of amides is 2. The first kappa shape index (κ1) is 24.0. The lowest BCUT2D eigenvalue weighted by Crippen LogP contribution is -2.24. The van der Waals surface area contributed by atoms with Crippen molar-refractivity contribution in [3.05, 3.63) is 42.0 Å². The van der Waals surface area contributed by atoms with Crippen LogP contribution in [0.5, 0.6) is 11.5 Å². The number of fused-ring (bicyclic) bond motifs is 1. The van der Waals surface area contributed by atoms with Crippen LogP contribution >= 0.6 is 11.3 Å². The van der Waals surface area contributed by atoms with Crippen molar-refractivity contribution in [2.24, 2.45) is 5.92 Å². The molecule has 2 N–H and O–H groups in total. The summed E-state index contributed by atoms with van der Waals surface area (Å²) in [5.74, 6) is 1.33. The van der Waals surface area contributed by atoms with Gasteiger partial charge in [0.05, 0.1) is 29.9 Å². The van der Waals surface area contributed by atoms with Crippen LogP contribution in [0.1, 0.15) is 51.5 Å². The Morgan fingerprint density at radius 1 is 0.971 bits per heavy atom. The van der Waals surface area contributed by atoms with Crippen molar-refractivity contribution in [2.45, 2.75) is 52.4 Å². The Hall–Kier alpha value is -3.13. The number of benzene rings is 2. The molecule has 8 heteroatoms. The lowest BCUT2D eigenvalue weighted by atomic mass is 9.89. The Labute approximate surface area is 203 Å². The number of hydrogen-bond donors (Lipinski definition) is 2. The van der Waals surface area contributed by atoms with Crippen LogP contribution in [0.2, 0.25) is 0 Å². The van der Waals surface area contributed by atoms with Crippen LogP contribution in [0.3, 0.4) is 0 Å². The Morgan fingerprint density at radius 3 is 2.50 bits per heavy atom. The quantitative estimate of drug-likeness (QED) is 0.404. The second-order valence-corrected chi connectivity index (χ2v) is 9.43. The first-order valence-corrected chi connectivity index (χ1v) is 12.8. The summed E-state index contributed by atoms with van der Waals surface area (Å²) >= 11 is 1.45. The van der Waals surface area contributed by atoms with E-state index in [0.29, 0.717) is 35.5 Å². The number of rotatable bonds is 9. The maximum Gasteiger partial charge on any atom is 0.229 e. The zero-order chi connectivity index (χ0) is 23.9. The summed E-state index contributed by atoms with van der Waals surface area (Å²) in [4.78, 5) is 29.8. The minimum atomic E-state index is -0.132. The number of aromatic nitrogens is 1. The average molecular weight is 482 g/mol. The van der Waals surface area contributed by atoms with Crippen molar-refractivity contribution in [2.75, 3.05) is 23.8 Å². The molecule has 0 saturated heterocycles. The lowest BCUT2D eigenvalue weighted by molar-refractivity contribution is -0.120. The van der Waals surface area contributed by atoms with Crippen molar-refractivity contribution in [3.63, 3.8) is 0 Å². The first-order valence-electron chi connectivity index (χ1n) is 12.0. The van der Waals surface area contributed by atoms with E-state index in [0.717, 1.165) is 41.5 Å². The fraction of sp³-hybridized carbons (Fsp3) is 0.423. The van der Waals surface area contributed by atoms with Crippen LogP contribution < -0.4 is 20.1 Å². The highest BCUT2D eigenvalue weighted by Gasteiger charge is 2.22. The molecule has 1 heterocycles. The van der Waals surface area contributed by atoms with E-state index >= 15 is 0 Å². The number of carbonyl (C=O) groups is 2. The minimum Gasteiger partial charge on any atom is -0.490 e. The first-order chi connectivity index (χ1) is 16.6. The van der Waals surface area contributed by atoms with E-state index in [1.165, 1.54) is 17.8 Å². The van der Waals surface area contributed by atoms with E-state index in [1.807, 2.05) is 50.2 Å². The third-order valence-electron chi connectivity index (χ3n) is 5.85. The zero-order valence-corrected chi connectivity index (χ0v) is 20.5. The van der Waals surface area contributed by atoms with Crippen LogP contribution in [0.25, 0.3) is 10.2 Å². The van der Waals surface area contributed by atoms with Crippen LogP contribution in [0.4, 0.5) is 10.8 Å². The van der Waals surface area contributed by atoms with E-state index in [1.54, 1.807) is 0 Å². The summed E-state index contributed by atoms with van der Waals surface area (Å²) in [5, 5.41) is 6.53. The second-order valence-electron chi connectivity index (χ2n) is 8.40. The molecule has 0 spiro atoms. The van der Waals surface area contributed by atoms with Crippen molar-refractivity contribution >= 4 is 44.2 Å². The molecule has 1 fully saturated rings. The van der Waals surface area contributed by atoms with Gasteiger partial charge in [0, 0.05) is 11.6 Å². The number of anilines is 2. The van der Waals surface area contributed by atoms with Crippen LogP contribution in [0, 0.1) is 5.92 Å². The van der Waals surface area contributed by atoms with Gasteiger partial charge in [0.15, 0.2) is 16.6 Å². The molecular weight excluding hydrogens is 450 g/mol. The summed E-state index contributed by atoms with van der Waals surface area (Å²) < 4.78 is 12.2. The Balaban J connectivity index is 1.39. The molecule has 1 aliphatic rings. The summed E-state index contributed by atoms with van der Waals surface area (Å²) in [6.45, 7) is 4.90. The molecule has 34 heavy (non-hydrogen) atoms. The van der Waals surface area contributed by atoms with Gasteiger partial charge in [-0.1, -0.05) is 36.7 Å². The van der Waals surface area contributed by atoms with Gasteiger partial charge in [-0.3, -0.25) is 9.59 Å². The van der Waals surface area contributed by atoms with Gasteiger partial charge in [0.1, 0.15) is 0 Å². The van der Waals surface area contributed by atoms with Crippen molar-refractivity contribution < 1.29 is 19.1 Å². The third-order valence-corrected chi connectivity index (χ3v) is 6.80. The molecule has 1 aliphatic carbocycles. The fourth-order valence-corrected chi connectivity index (χ4v) is 5.08. The third kappa shape index (κ3) is 6.05. The van der Waals surface area contributed by atoms with Gasteiger partial charge in [0.25, 0.3) is 0 Å². The molecule has 2 amide bonds. The minimum absolute atomic E-state index is 0.0639. The predicted octanol–water partition coefficient (Wildman–Crippen LogP) is 5.79. The molecule has 1 saturated carbocycles. The van der Waals surface area contributed by atoms with Gasteiger partial charge < -0.3 is 20.1 Å². The van der Waals surface area contributed by atoms with Crippen molar-refractivity contribution in [1.29, 1.82) is 0 Å². The lowest BCUT2D eigenvalue weighted by Gasteiger charge is -2.19. The number of carbonyl (C=O) groups excluding carboxylic acids is 2. The van der Waals surface area contributed by atoms with Crippen LogP contribution in [0.15, 0.2) is 36.4 Å². The molecular formula is C26H31N3O4S. The molecule has 0 radical (unpaired) electrons. The van der Waals surface area contributed by atoms with Gasteiger partial charge in [-0.15, -0.1) is 0 Å². The summed E-state index contributed by atoms with van der Waals surface area (Å²) in [5.41, 5.74) is 2.26. The number of hydrogen-bond acceptors (Lipinski definition) is 6. The van der Waals surface area contributed by atoms with E-state index in [9.17, 15) is 9.59 Å². The van der Waals surface area contributed by atoms with Crippen molar-refractivity contribution in [3.8, 4) is 11.5 Å². The van der Waals surface area contributed by atoms with Crippen LogP contribution in [-0.2, 0) is 16.0 Å². The number of thiazole rings is 1. The van der Waals surface area contributed by atoms with Gasteiger partial charge in [-0.25, -0.2) is 4.98 Å². The predicted molar refractivity (Wildman–Crippen MR) is 136 cm³/mol. The van der Waals surface area contributed by atoms with Gasteiger partial charge in [-0.2, -0.15) is 0 Å². The normalized spacial score (nSPS) is 14.1. The monoisotopic (exact) mass is 481 g/mol. The Kier molecular flexibility index (Phi) is 8.00. The number of nitrogens with one attached hydrogen (secondary N) is 2. The molecule has 2 aromatic carbocycles. The number of ether oxygens (including phenoxy) is 2. The highest BCUT2D eigenvalue weighted by molar-refractivity contribution is 7.22. The van der Waals surface area contributed by atoms with Crippen LogP contribution in [-0.4, -0.2) is 30.0 Å². The zero-order valence-electron chi connectivity index (χ0n) is 19.7. The SMILES string of the molecule is CCOc1ccc(CC(=O)Nc2ccc3sc(NC(=O)C4CCCCC4)nc3c2)cc1OCC. The highest BCUT2D eigenvalue weighted by Crippen LogP contribution is 2.31. The molecule has 3 aromatic rings. The molecule has 180 valence electrons. The smallest absolute Gasteiger partial charge is 0.229 e. The summed E-state index contributed by atoms with van der Waals surface area (Å²) in [7, 11) is 0. The van der Waals surface area contributed by atoms with Crippen molar-refractivity contribution in [1.82, 2.24) is 4.98 Å². The van der Waals surface area contributed by atoms with E-state index in [4.69, 9.17) is 9.47 Å². The molecule has 7 nitrogen and oxygen atoms in total. The molecule has 0 unspecified atom stereocenters. The standard InChI is InChI=1S/C26H31N3O4S/c1-3-32-21-12-10-17(14-22(21)33-4-2)15-24(30)27-19-11-13-23-20(16-19)28-26(34-23)29-25(31)18-8-6-5-7-9-18/h10-14,16,18H,3-9,15H2,1-2H3,(H,27,30)(H,28,29,31). The molecule has 0 bridgehead atoms. The van der Waals surface area contributed by atoms with Gasteiger partial charge in [0.2, 0.25) is 11.8 Å². The maximum absolute atomic E-state index is 12.7. The molecule has 0 atom stereocenters. The molecule has 1 aromatic heterocycles.